The summed E-state index contributed by atoms with van der Waals surface area (Å²) in [5.74, 6) is 2.22. The Labute approximate surface area is 154 Å². The maximum atomic E-state index is 6.01. The molecule has 0 aromatic carbocycles. The van der Waals surface area contributed by atoms with Gasteiger partial charge in [0.1, 0.15) is 0 Å². The van der Waals surface area contributed by atoms with Gasteiger partial charge in [-0.2, -0.15) is 0 Å². The smallest absolute Gasteiger partial charge is 0.391 e. The molecule has 1 nitrogen and oxygen atoms in total. The van der Waals surface area contributed by atoms with Gasteiger partial charge in [0, 0.05) is 12.1 Å². The first-order valence-corrected chi connectivity index (χ1v) is 14.3. The first kappa shape index (κ1) is 22.8. The molecule has 0 aliphatic rings. The van der Waals surface area contributed by atoms with E-state index in [0.29, 0.717) is 0 Å². The van der Waals surface area contributed by atoms with Gasteiger partial charge in [-0.3, -0.25) is 0 Å². The van der Waals surface area contributed by atoms with Gasteiger partial charge in [-0.1, -0.05) is 41.5 Å². The fourth-order valence-corrected chi connectivity index (χ4v) is 2.00. The van der Waals surface area contributed by atoms with Crippen LogP contribution >= 0.6 is 40.2 Å². The number of halogens is 4. The second-order valence-corrected chi connectivity index (χ2v) is 20.9. The topological polar surface area (TPSA) is 11.3 Å². The van der Waals surface area contributed by atoms with E-state index >= 15 is 0 Å². The van der Waals surface area contributed by atoms with E-state index in [0.717, 1.165) is 24.4 Å². The van der Waals surface area contributed by atoms with Crippen LogP contribution in [0.2, 0.25) is 0 Å². The van der Waals surface area contributed by atoms with Crippen LogP contribution in [0.5, 0.6) is 0 Å². The monoisotopic (exact) mass is 402 g/mol. The molecular weight excluding hydrogens is 377 g/mol. The lowest BCUT2D eigenvalue weighted by Gasteiger charge is -2.15. The summed E-state index contributed by atoms with van der Waals surface area (Å²) < 4.78 is 6.01. The van der Waals surface area contributed by atoms with Gasteiger partial charge >= 0.3 is 20.9 Å². The Balaban J connectivity index is 0.000000763. The molecule has 128 valence electrons. The van der Waals surface area contributed by atoms with Gasteiger partial charge in [-0.25, -0.2) is 4.42 Å². The van der Waals surface area contributed by atoms with Gasteiger partial charge in [0.2, 0.25) is 0 Å². The molecule has 0 radical (unpaired) electrons. The molecule has 1 rings (SSSR count). The molecule has 22 heavy (non-hydrogen) atoms. The molecule has 0 saturated heterocycles. The summed E-state index contributed by atoms with van der Waals surface area (Å²) >= 11 is 0. The van der Waals surface area contributed by atoms with E-state index < -0.39 is 9.39 Å². The van der Waals surface area contributed by atoms with Crippen LogP contribution in [0.3, 0.4) is 0 Å². The van der Waals surface area contributed by atoms with E-state index in [1.54, 1.807) is 0 Å². The summed E-state index contributed by atoms with van der Waals surface area (Å²) in [6.45, 7) is 15.6. The summed E-state index contributed by atoms with van der Waals surface area (Å²) in [7, 11) is 17.0. The molecule has 0 unspecified atom stereocenters. The van der Waals surface area contributed by atoms with Crippen LogP contribution in [-0.4, -0.2) is 9.39 Å². The molecule has 0 spiro atoms. The molecule has 0 atom stereocenters. The molecule has 1 aromatic rings. The second kappa shape index (κ2) is 8.80. The van der Waals surface area contributed by atoms with Crippen LogP contribution in [0.1, 0.15) is 58.6 Å². The Morgan fingerprint density at radius 3 is 1.32 bits per heavy atom. The molecule has 0 amide bonds. The van der Waals surface area contributed by atoms with Gasteiger partial charge in [-0.15, -0.1) is 0 Å². The predicted molar refractivity (Wildman–Crippen MR) is 103 cm³/mol. The van der Waals surface area contributed by atoms with Crippen molar-refractivity contribution in [2.24, 2.45) is 10.8 Å². The third-order valence-corrected chi connectivity index (χ3v) is 2.45. The number of aryl methyl sites for hydroxylation is 1. The SMILES string of the molecule is Cc1cc(CC(C)(C)C)[o+]c(CC(C)(C)C)c1.[Cl][Al-]([Cl])([Cl])[Cl]. The van der Waals surface area contributed by atoms with E-state index in [2.05, 4.69) is 60.6 Å². The lowest BCUT2D eigenvalue weighted by atomic mass is 9.89. The van der Waals surface area contributed by atoms with Crippen molar-refractivity contribution in [3.63, 3.8) is 0 Å². The molecule has 1 heterocycles. The Kier molecular flexibility index (Phi) is 9.13. The van der Waals surface area contributed by atoms with E-state index in [-0.39, 0.29) is 10.8 Å². The molecule has 0 aliphatic carbocycles. The standard InChI is InChI=1S/C16H27O.Al.4ClH/c1-12-8-13(10-15(2,3)4)17-14(9-12)11-16(5,6)7;;;;;/h8-9H,10-11H2,1-7H3;;4*1H/q+1;+3;;;;/p-4. The molecule has 6 heteroatoms. The second-order valence-electron chi connectivity index (χ2n) is 8.04. The zero-order valence-corrected chi connectivity index (χ0v) is 18.7. The van der Waals surface area contributed by atoms with Gasteiger partial charge in [0.15, 0.2) is 0 Å². The zero-order valence-electron chi connectivity index (χ0n) is 14.6. The van der Waals surface area contributed by atoms with Crippen LogP contribution in [0.25, 0.3) is 0 Å². The molecule has 0 fully saturated rings. The normalized spacial score (nSPS) is 12.7. The molecule has 0 saturated carbocycles. The van der Waals surface area contributed by atoms with E-state index in [9.17, 15) is 0 Å². The Hall–Kier alpha value is 0.842. The summed E-state index contributed by atoms with van der Waals surface area (Å²) in [5, 5.41) is 0. The Morgan fingerprint density at radius 2 is 1.09 bits per heavy atom. The fraction of sp³-hybridized carbons (Fsp3) is 0.688. The highest BCUT2D eigenvalue weighted by molar-refractivity contribution is 7.81. The number of hydrogen-bond donors (Lipinski definition) is 0. The summed E-state index contributed by atoms with van der Waals surface area (Å²) in [6.07, 6.45) is 1.98. The van der Waals surface area contributed by atoms with Crippen molar-refractivity contribution in [1.82, 2.24) is 0 Å². The third-order valence-electron chi connectivity index (χ3n) is 2.45. The first-order chi connectivity index (χ1) is 9.55. The molecular formula is C16H27AlCl4O. The van der Waals surface area contributed by atoms with Gasteiger partial charge in [-0.05, 0) is 23.3 Å². The number of hydrogen-bond acceptors (Lipinski definition) is 0. The summed E-state index contributed by atoms with van der Waals surface area (Å²) in [5.41, 5.74) is 1.85. The highest BCUT2D eigenvalue weighted by atomic mass is 35.9. The molecule has 0 N–H and O–H groups in total. The molecule has 0 aliphatic heterocycles. The van der Waals surface area contributed by atoms with Gasteiger partial charge in [0.25, 0.3) is 0 Å². The van der Waals surface area contributed by atoms with Crippen molar-refractivity contribution in [3.8, 4) is 0 Å². The average Bonchev–Trinajstić information content (AvgIpc) is 2.05. The highest BCUT2D eigenvalue weighted by Crippen LogP contribution is 2.26. The predicted octanol–water partition coefficient (Wildman–Crippen LogP) is 7.42. The number of rotatable bonds is 2. The van der Waals surface area contributed by atoms with Crippen molar-refractivity contribution in [2.75, 3.05) is 0 Å². The van der Waals surface area contributed by atoms with Crippen molar-refractivity contribution >= 4 is 49.6 Å². The van der Waals surface area contributed by atoms with E-state index in [4.69, 9.17) is 44.6 Å². The van der Waals surface area contributed by atoms with Crippen LogP contribution in [-0.2, 0) is 12.8 Å². The minimum Gasteiger partial charge on any atom is -0.391 e. The maximum Gasteiger partial charge on any atom is 0.564 e. The fourth-order valence-electron chi connectivity index (χ4n) is 2.00. The lowest BCUT2D eigenvalue weighted by Crippen LogP contribution is -2.12. The average molecular weight is 404 g/mol. The zero-order chi connectivity index (χ0) is 17.8. The Morgan fingerprint density at radius 1 is 0.818 bits per heavy atom. The molecule has 1 aromatic heterocycles. The van der Waals surface area contributed by atoms with Crippen LogP contribution in [0, 0.1) is 17.8 Å². The van der Waals surface area contributed by atoms with Crippen molar-refractivity contribution in [2.45, 2.75) is 61.3 Å². The van der Waals surface area contributed by atoms with Crippen molar-refractivity contribution in [3.05, 3.63) is 29.2 Å². The summed E-state index contributed by atoms with van der Waals surface area (Å²) in [6, 6.07) is 4.33. The lowest BCUT2D eigenvalue weighted by molar-refractivity contribution is 0.316. The van der Waals surface area contributed by atoms with E-state index in [1.807, 2.05) is 0 Å². The van der Waals surface area contributed by atoms with E-state index in [1.165, 1.54) is 5.56 Å². The minimum atomic E-state index is -2.94. The quantitative estimate of drug-likeness (QED) is 0.369. The van der Waals surface area contributed by atoms with Gasteiger partial charge < -0.3 is 40.2 Å². The van der Waals surface area contributed by atoms with Gasteiger partial charge in [0.05, 0.1) is 12.8 Å². The van der Waals surface area contributed by atoms with Crippen LogP contribution in [0.4, 0.5) is 0 Å². The largest absolute Gasteiger partial charge is 0.564 e. The van der Waals surface area contributed by atoms with Crippen molar-refractivity contribution < 1.29 is 4.42 Å². The first-order valence-electron chi connectivity index (χ1n) is 7.35. The summed E-state index contributed by atoms with van der Waals surface area (Å²) in [4.78, 5) is 0. The Bertz CT molecular complexity index is 430. The minimum absolute atomic E-state index is 0.274. The van der Waals surface area contributed by atoms with Crippen LogP contribution < -0.4 is 0 Å². The highest BCUT2D eigenvalue weighted by Gasteiger charge is 2.24. The molecule has 0 bridgehead atoms. The third kappa shape index (κ3) is 15.7. The maximum absolute atomic E-state index is 6.01. The van der Waals surface area contributed by atoms with Crippen molar-refractivity contribution in [1.29, 1.82) is 0 Å². The van der Waals surface area contributed by atoms with Crippen LogP contribution in [0.15, 0.2) is 16.5 Å².